The van der Waals surface area contributed by atoms with Crippen LogP contribution >= 0.6 is 11.8 Å². The number of aromatic nitrogens is 2. The summed E-state index contributed by atoms with van der Waals surface area (Å²) in [4.78, 5) is 33.2. The van der Waals surface area contributed by atoms with E-state index >= 15 is 0 Å². The van der Waals surface area contributed by atoms with E-state index in [9.17, 15) is 9.59 Å². The Morgan fingerprint density at radius 3 is 2.65 bits per heavy atom. The Hall–Kier alpha value is -3.38. The van der Waals surface area contributed by atoms with Crippen LogP contribution in [0.1, 0.15) is 34.6 Å². The van der Waals surface area contributed by atoms with Gasteiger partial charge in [-0.3, -0.25) is 9.59 Å². The van der Waals surface area contributed by atoms with E-state index in [0.717, 1.165) is 16.3 Å². The molecule has 5 nitrogen and oxygen atoms in total. The summed E-state index contributed by atoms with van der Waals surface area (Å²) in [5.41, 5.74) is 3.68. The van der Waals surface area contributed by atoms with Crippen molar-refractivity contribution in [1.82, 2.24) is 9.97 Å². The number of thioether (sulfide) groups is 1. The molecule has 1 aliphatic rings. The maximum absolute atomic E-state index is 13.1. The SMILES string of the molecule is Cc1ccccc1CSc1nc2c(c(=O)[nH]1)C(c1cccc3ccccc13)CC(=O)N2. The van der Waals surface area contributed by atoms with Gasteiger partial charge in [0.2, 0.25) is 5.91 Å². The molecule has 0 radical (unpaired) electrons. The quantitative estimate of drug-likeness (QED) is 0.355. The maximum Gasteiger partial charge on any atom is 0.257 e. The Kier molecular flexibility index (Phi) is 5.08. The van der Waals surface area contributed by atoms with Gasteiger partial charge in [-0.1, -0.05) is 78.5 Å². The van der Waals surface area contributed by atoms with Crippen molar-refractivity contribution < 1.29 is 4.79 Å². The van der Waals surface area contributed by atoms with E-state index in [-0.39, 0.29) is 23.8 Å². The molecule has 154 valence electrons. The standard InChI is InChI=1S/C25H21N3O2S/c1-15-7-2-3-9-17(15)14-31-25-27-23-22(24(30)28-25)20(13-21(29)26-23)19-12-6-10-16-8-4-5-11-18(16)19/h2-12,20H,13-14H2,1H3,(H2,26,27,28,29,30). The molecule has 0 aliphatic carbocycles. The van der Waals surface area contributed by atoms with Gasteiger partial charge >= 0.3 is 0 Å². The second kappa shape index (κ2) is 8.04. The number of hydrogen-bond acceptors (Lipinski definition) is 4. The number of carbonyl (C=O) groups excluding carboxylic acids is 1. The van der Waals surface area contributed by atoms with Crippen LogP contribution in [0.3, 0.4) is 0 Å². The van der Waals surface area contributed by atoms with Gasteiger partial charge in [0, 0.05) is 18.1 Å². The highest BCUT2D eigenvalue weighted by atomic mass is 32.2. The third-order valence-electron chi connectivity index (χ3n) is 5.75. The number of rotatable bonds is 4. The van der Waals surface area contributed by atoms with Gasteiger partial charge in [0.15, 0.2) is 5.16 Å². The van der Waals surface area contributed by atoms with Crippen LogP contribution in [0.15, 0.2) is 76.7 Å². The number of aromatic amines is 1. The first-order chi connectivity index (χ1) is 15.1. The van der Waals surface area contributed by atoms with E-state index in [1.807, 2.05) is 54.6 Å². The molecule has 1 aliphatic heterocycles. The Morgan fingerprint density at radius 2 is 1.77 bits per heavy atom. The van der Waals surface area contributed by atoms with E-state index in [1.54, 1.807) is 0 Å². The first kappa shape index (κ1) is 19.6. The molecule has 5 rings (SSSR count). The molecule has 1 atom stereocenters. The summed E-state index contributed by atoms with van der Waals surface area (Å²) in [6.45, 7) is 2.06. The lowest BCUT2D eigenvalue weighted by Gasteiger charge is -2.25. The normalized spacial score (nSPS) is 15.5. The van der Waals surface area contributed by atoms with Crippen molar-refractivity contribution in [2.24, 2.45) is 0 Å². The van der Waals surface area contributed by atoms with Crippen LogP contribution in [0, 0.1) is 6.92 Å². The smallest absolute Gasteiger partial charge is 0.257 e. The fourth-order valence-electron chi connectivity index (χ4n) is 4.16. The van der Waals surface area contributed by atoms with Crippen molar-refractivity contribution in [3.05, 3.63) is 99.3 Å². The molecule has 2 N–H and O–H groups in total. The zero-order chi connectivity index (χ0) is 21.4. The average molecular weight is 428 g/mol. The van der Waals surface area contributed by atoms with Crippen LogP contribution in [-0.2, 0) is 10.5 Å². The summed E-state index contributed by atoms with van der Waals surface area (Å²) < 4.78 is 0. The molecule has 2 heterocycles. The minimum absolute atomic E-state index is 0.126. The lowest BCUT2D eigenvalue weighted by atomic mass is 9.84. The molecule has 0 saturated heterocycles. The third-order valence-corrected chi connectivity index (χ3v) is 6.68. The summed E-state index contributed by atoms with van der Waals surface area (Å²) in [5.74, 6) is 0.597. The molecule has 31 heavy (non-hydrogen) atoms. The summed E-state index contributed by atoms with van der Waals surface area (Å²) in [6.07, 6.45) is 0.224. The van der Waals surface area contributed by atoms with Crippen molar-refractivity contribution in [1.29, 1.82) is 0 Å². The average Bonchev–Trinajstić information content (AvgIpc) is 2.77. The molecule has 0 spiro atoms. The highest BCUT2D eigenvalue weighted by molar-refractivity contribution is 7.98. The van der Waals surface area contributed by atoms with Gasteiger partial charge in [-0.2, -0.15) is 0 Å². The number of nitrogens with one attached hydrogen (secondary N) is 2. The number of carbonyl (C=O) groups is 1. The van der Waals surface area contributed by atoms with Crippen molar-refractivity contribution in [3.63, 3.8) is 0 Å². The first-order valence-corrected chi connectivity index (χ1v) is 11.2. The highest BCUT2D eigenvalue weighted by Crippen LogP contribution is 2.37. The predicted octanol–water partition coefficient (Wildman–Crippen LogP) is 5.00. The predicted molar refractivity (Wildman–Crippen MR) is 125 cm³/mol. The minimum Gasteiger partial charge on any atom is -0.310 e. The minimum atomic E-state index is -0.332. The number of hydrogen-bond donors (Lipinski definition) is 2. The summed E-state index contributed by atoms with van der Waals surface area (Å²) >= 11 is 1.46. The van der Waals surface area contributed by atoms with E-state index in [1.165, 1.54) is 22.9 Å². The maximum atomic E-state index is 13.1. The second-order valence-electron chi connectivity index (χ2n) is 7.72. The molecular formula is C25H21N3O2S. The van der Waals surface area contributed by atoms with Gasteiger partial charge in [0.25, 0.3) is 5.56 Å². The Morgan fingerprint density at radius 1 is 1.00 bits per heavy atom. The molecule has 3 aromatic carbocycles. The number of benzene rings is 3. The van der Waals surface area contributed by atoms with E-state index < -0.39 is 0 Å². The van der Waals surface area contributed by atoms with Gasteiger partial charge in [-0.05, 0) is 34.4 Å². The van der Waals surface area contributed by atoms with E-state index in [0.29, 0.717) is 22.3 Å². The van der Waals surface area contributed by atoms with Crippen LogP contribution < -0.4 is 10.9 Å². The zero-order valence-electron chi connectivity index (χ0n) is 17.0. The molecule has 1 unspecified atom stereocenters. The second-order valence-corrected chi connectivity index (χ2v) is 8.69. The zero-order valence-corrected chi connectivity index (χ0v) is 17.8. The number of anilines is 1. The molecule has 1 aromatic heterocycles. The van der Waals surface area contributed by atoms with Gasteiger partial charge in [-0.15, -0.1) is 0 Å². The number of nitrogens with zero attached hydrogens (tertiary/aromatic N) is 1. The fourth-order valence-corrected chi connectivity index (χ4v) is 5.09. The van der Waals surface area contributed by atoms with Crippen LogP contribution in [-0.4, -0.2) is 15.9 Å². The number of amides is 1. The Balaban J connectivity index is 1.54. The summed E-state index contributed by atoms with van der Waals surface area (Å²) in [5, 5.41) is 5.46. The van der Waals surface area contributed by atoms with Crippen LogP contribution in [0.5, 0.6) is 0 Å². The molecule has 1 amide bonds. The van der Waals surface area contributed by atoms with Gasteiger partial charge in [0.05, 0.1) is 5.56 Å². The van der Waals surface area contributed by atoms with E-state index in [4.69, 9.17) is 0 Å². The van der Waals surface area contributed by atoms with Crippen molar-refractivity contribution in [2.75, 3.05) is 5.32 Å². The molecule has 0 fully saturated rings. The monoisotopic (exact) mass is 427 g/mol. The van der Waals surface area contributed by atoms with Gasteiger partial charge in [0.1, 0.15) is 5.82 Å². The Labute approximate surface area is 183 Å². The molecule has 4 aromatic rings. The fraction of sp³-hybridized carbons (Fsp3) is 0.160. The van der Waals surface area contributed by atoms with Crippen LogP contribution in [0.2, 0.25) is 0 Å². The van der Waals surface area contributed by atoms with Crippen LogP contribution in [0.25, 0.3) is 10.8 Å². The number of aryl methyl sites for hydroxylation is 1. The first-order valence-electron chi connectivity index (χ1n) is 10.2. The topological polar surface area (TPSA) is 74.8 Å². The van der Waals surface area contributed by atoms with Crippen molar-refractivity contribution in [3.8, 4) is 0 Å². The lowest BCUT2D eigenvalue weighted by molar-refractivity contribution is -0.116. The highest BCUT2D eigenvalue weighted by Gasteiger charge is 2.31. The molecular weight excluding hydrogens is 406 g/mol. The van der Waals surface area contributed by atoms with Crippen LogP contribution in [0.4, 0.5) is 5.82 Å². The van der Waals surface area contributed by atoms with Crippen molar-refractivity contribution >= 4 is 34.3 Å². The molecule has 0 saturated carbocycles. The number of fused-ring (bicyclic) bond motifs is 2. The summed E-state index contributed by atoms with van der Waals surface area (Å²) in [7, 11) is 0. The van der Waals surface area contributed by atoms with Crippen molar-refractivity contribution in [2.45, 2.75) is 30.2 Å². The molecule has 0 bridgehead atoms. The Bertz CT molecular complexity index is 1360. The van der Waals surface area contributed by atoms with Gasteiger partial charge in [-0.25, -0.2) is 4.98 Å². The summed E-state index contributed by atoms with van der Waals surface area (Å²) in [6, 6.07) is 22.2. The van der Waals surface area contributed by atoms with E-state index in [2.05, 4.69) is 34.3 Å². The molecule has 6 heteroatoms. The third kappa shape index (κ3) is 3.75. The number of H-pyrrole nitrogens is 1. The van der Waals surface area contributed by atoms with Gasteiger partial charge < -0.3 is 10.3 Å². The lowest BCUT2D eigenvalue weighted by Crippen LogP contribution is -2.31. The largest absolute Gasteiger partial charge is 0.310 e.